The van der Waals surface area contributed by atoms with E-state index in [0.717, 1.165) is 5.75 Å². The smallest absolute Gasteiger partial charge is 0.261 e. The molecule has 2 N–H and O–H groups in total. The van der Waals surface area contributed by atoms with Crippen LogP contribution in [0, 0.1) is 0 Å². The van der Waals surface area contributed by atoms with E-state index in [2.05, 4.69) is 4.98 Å². The van der Waals surface area contributed by atoms with E-state index in [0.29, 0.717) is 29.7 Å². The number of para-hydroxylation sites is 1. The third kappa shape index (κ3) is 2.86. The topological polar surface area (TPSA) is 70.1 Å². The Bertz CT molecular complexity index is 810. The summed E-state index contributed by atoms with van der Waals surface area (Å²) >= 11 is 0. The Balaban J connectivity index is 1.72. The van der Waals surface area contributed by atoms with Crippen LogP contribution in [0.4, 0.5) is 5.69 Å². The van der Waals surface area contributed by atoms with E-state index in [1.54, 1.807) is 41.2 Å². The summed E-state index contributed by atoms with van der Waals surface area (Å²) in [6.07, 6.45) is 1.55. The highest BCUT2D eigenvalue weighted by Crippen LogP contribution is 2.13. The minimum absolute atomic E-state index is 0.0542. The van der Waals surface area contributed by atoms with Crippen molar-refractivity contribution >= 4 is 16.6 Å². The van der Waals surface area contributed by atoms with Crippen molar-refractivity contribution in [1.29, 1.82) is 0 Å². The van der Waals surface area contributed by atoms with Crippen molar-refractivity contribution in [2.24, 2.45) is 0 Å². The number of nitrogens with zero attached hydrogens (tertiary/aromatic N) is 2. The second-order valence-electron chi connectivity index (χ2n) is 4.68. The zero-order valence-electron chi connectivity index (χ0n) is 11.4. The van der Waals surface area contributed by atoms with Crippen molar-refractivity contribution in [3.63, 3.8) is 0 Å². The fraction of sp³-hybridized carbons (Fsp3) is 0.125. The molecule has 5 nitrogen and oxygen atoms in total. The standard InChI is InChI=1S/C16H15N3O2/c17-12-5-7-13(8-6-12)21-10-9-19-11-18-15-4-2-1-3-14(15)16(19)20/h1-8,11H,9-10,17H2. The number of benzene rings is 2. The maximum absolute atomic E-state index is 12.3. The van der Waals surface area contributed by atoms with E-state index in [1.807, 2.05) is 18.2 Å². The van der Waals surface area contributed by atoms with Gasteiger partial charge in [0.25, 0.3) is 5.56 Å². The summed E-state index contributed by atoms with van der Waals surface area (Å²) in [7, 11) is 0. The number of ether oxygens (including phenoxy) is 1. The first kappa shape index (κ1) is 13.2. The number of hydrogen-bond acceptors (Lipinski definition) is 4. The summed E-state index contributed by atoms with van der Waals surface area (Å²) in [6, 6.07) is 14.5. The Morgan fingerprint density at radius 1 is 1.10 bits per heavy atom. The monoisotopic (exact) mass is 281 g/mol. The largest absolute Gasteiger partial charge is 0.492 e. The van der Waals surface area contributed by atoms with Gasteiger partial charge in [0, 0.05) is 5.69 Å². The normalized spacial score (nSPS) is 10.7. The molecule has 0 fully saturated rings. The fourth-order valence-electron chi connectivity index (χ4n) is 2.09. The van der Waals surface area contributed by atoms with Crippen LogP contribution in [0.3, 0.4) is 0 Å². The molecule has 0 saturated carbocycles. The number of rotatable bonds is 4. The fourth-order valence-corrected chi connectivity index (χ4v) is 2.09. The Morgan fingerprint density at radius 2 is 1.86 bits per heavy atom. The molecule has 0 aliphatic carbocycles. The SMILES string of the molecule is Nc1ccc(OCCn2cnc3ccccc3c2=O)cc1. The summed E-state index contributed by atoms with van der Waals surface area (Å²) in [5.41, 5.74) is 6.95. The lowest BCUT2D eigenvalue weighted by Gasteiger charge is -2.08. The molecular weight excluding hydrogens is 266 g/mol. The van der Waals surface area contributed by atoms with Gasteiger partial charge in [0.05, 0.1) is 23.8 Å². The van der Waals surface area contributed by atoms with E-state index in [4.69, 9.17) is 10.5 Å². The van der Waals surface area contributed by atoms with Crippen LogP contribution in [-0.2, 0) is 6.54 Å². The van der Waals surface area contributed by atoms with E-state index in [9.17, 15) is 4.79 Å². The quantitative estimate of drug-likeness (QED) is 0.743. The molecule has 1 aromatic heterocycles. The van der Waals surface area contributed by atoms with Gasteiger partial charge in [0.15, 0.2) is 0 Å². The second-order valence-corrected chi connectivity index (χ2v) is 4.68. The summed E-state index contributed by atoms with van der Waals surface area (Å²) in [5, 5.41) is 0.618. The van der Waals surface area contributed by atoms with Gasteiger partial charge in [-0.05, 0) is 36.4 Å². The molecule has 5 heteroatoms. The molecule has 0 saturated heterocycles. The molecule has 0 bridgehead atoms. The van der Waals surface area contributed by atoms with E-state index in [-0.39, 0.29) is 5.56 Å². The van der Waals surface area contributed by atoms with Gasteiger partial charge in [0.1, 0.15) is 12.4 Å². The number of nitrogens with two attached hydrogens (primary N) is 1. The first-order valence-electron chi connectivity index (χ1n) is 6.66. The van der Waals surface area contributed by atoms with Gasteiger partial charge in [-0.15, -0.1) is 0 Å². The summed E-state index contributed by atoms with van der Waals surface area (Å²) in [5.74, 6) is 0.728. The van der Waals surface area contributed by atoms with Crippen LogP contribution in [0.2, 0.25) is 0 Å². The minimum Gasteiger partial charge on any atom is -0.492 e. The van der Waals surface area contributed by atoms with E-state index in [1.165, 1.54) is 0 Å². The zero-order chi connectivity index (χ0) is 14.7. The molecule has 21 heavy (non-hydrogen) atoms. The lowest BCUT2D eigenvalue weighted by atomic mass is 10.2. The van der Waals surface area contributed by atoms with Crippen LogP contribution in [-0.4, -0.2) is 16.2 Å². The van der Waals surface area contributed by atoms with Crippen LogP contribution in [0.1, 0.15) is 0 Å². The molecule has 106 valence electrons. The number of hydrogen-bond donors (Lipinski definition) is 1. The molecule has 0 atom stereocenters. The number of fused-ring (bicyclic) bond motifs is 1. The maximum Gasteiger partial charge on any atom is 0.261 e. The highest BCUT2D eigenvalue weighted by atomic mass is 16.5. The van der Waals surface area contributed by atoms with Crippen molar-refractivity contribution in [2.45, 2.75) is 6.54 Å². The lowest BCUT2D eigenvalue weighted by molar-refractivity contribution is 0.296. The predicted octanol–water partition coefficient (Wildman–Crippen LogP) is 2.06. The van der Waals surface area contributed by atoms with Crippen molar-refractivity contribution in [3.8, 4) is 5.75 Å². The third-order valence-electron chi connectivity index (χ3n) is 3.21. The van der Waals surface area contributed by atoms with Gasteiger partial charge in [-0.3, -0.25) is 9.36 Å². The highest BCUT2D eigenvalue weighted by molar-refractivity contribution is 5.76. The average molecular weight is 281 g/mol. The maximum atomic E-state index is 12.3. The van der Waals surface area contributed by atoms with Crippen molar-refractivity contribution in [1.82, 2.24) is 9.55 Å². The summed E-state index contributed by atoms with van der Waals surface area (Å²) < 4.78 is 7.14. The van der Waals surface area contributed by atoms with Crippen molar-refractivity contribution < 1.29 is 4.74 Å². The first-order valence-corrected chi connectivity index (χ1v) is 6.66. The molecular formula is C16H15N3O2. The van der Waals surface area contributed by atoms with Gasteiger partial charge in [-0.1, -0.05) is 12.1 Å². The van der Waals surface area contributed by atoms with Gasteiger partial charge >= 0.3 is 0 Å². The second kappa shape index (κ2) is 5.66. The number of nitrogen functional groups attached to an aromatic ring is 1. The Hall–Kier alpha value is -2.82. The predicted molar refractivity (Wildman–Crippen MR) is 82.4 cm³/mol. The molecule has 1 heterocycles. The van der Waals surface area contributed by atoms with Crippen LogP contribution in [0.15, 0.2) is 59.7 Å². The van der Waals surface area contributed by atoms with E-state index >= 15 is 0 Å². The number of aromatic nitrogens is 2. The van der Waals surface area contributed by atoms with E-state index < -0.39 is 0 Å². The van der Waals surface area contributed by atoms with Crippen molar-refractivity contribution in [2.75, 3.05) is 12.3 Å². The van der Waals surface area contributed by atoms with Crippen LogP contribution < -0.4 is 16.0 Å². The summed E-state index contributed by atoms with van der Waals surface area (Å²) in [6.45, 7) is 0.838. The highest BCUT2D eigenvalue weighted by Gasteiger charge is 2.03. The van der Waals surface area contributed by atoms with Crippen LogP contribution >= 0.6 is 0 Å². The van der Waals surface area contributed by atoms with Crippen molar-refractivity contribution in [3.05, 3.63) is 65.2 Å². The van der Waals surface area contributed by atoms with Gasteiger partial charge in [-0.2, -0.15) is 0 Å². The third-order valence-corrected chi connectivity index (χ3v) is 3.21. The van der Waals surface area contributed by atoms with Gasteiger partial charge in [0.2, 0.25) is 0 Å². The molecule has 0 radical (unpaired) electrons. The van der Waals surface area contributed by atoms with Gasteiger partial charge in [-0.25, -0.2) is 4.98 Å². The zero-order valence-corrected chi connectivity index (χ0v) is 11.4. The Morgan fingerprint density at radius 3 is 2.67 bits per heavy atom. The molecule has 0 unspecified atom stereocenters. The first-order chi connectivity index (χ1) is 10.2. The molecule has 0 aliphatic heterocycles. The molecule has 3 aromatic rings. The molecule has 3 rings (SSSR count). The van der Waals surface area contributed by atoms with Gasteiger partial charge < -0.3 is 10.5 Å². The summed E-state index contributed by atoms with van der Waals surface area (Å²) in [4.78, 5) is 16.5. The Kier molecular flexibility index (Phi) is 3.55. The molecule has 0 amide bonds. The average Bonchev–Trinajstić information content (AvgIpc) is 2.52. The lowest BCUT2D eigenvalue weighted by Crippen LogP contribution is -2.23. The number of anilines is 1. The Labute approximate surface area is 121 Å². The van der Waals surface area contributed by atoms with Crippen LogP contribution in [0.25, 0.3) is 10.9 Å². The van der Waals surface area contributed by atoms with Crippen LogP contribution in [0.5, 0.6) is 5.75 Å². The molecule has 2 aromatic carbocycles. The molecule has 0 aliphatic rings. The molecule has 0 spiro atoms. The minimum atomic E-state index is -0.0542.